The van der Waals surface area contributed by atoms with Crippen LogP contribution in [0.4, 0.5) is 5.69 Å². The fourth-order valence-corrected chi connectivity index (χ4v) is 3.20. The minimum absolute atomic E-state index is 0.0522. The second-order valence-corrected chi connectivity index (χ2v) is 7.14. The van der Waals surface area contributed by atoms with Gasteiger partial charge >= 0.3 is 0 Å². The first kappa shape index (κ1) is 19.7. The van der Waals surface area contributed by atoms with Gasteiger partial charge in [-0.3, -0.25) is 9.59 Å². The van der Waals surface area contributed by atoms with E-state index >= 15 is 0 Å². The summed E-state index contributed by atoms with van der Waals surface area (Å²) >= 11 is 0. The molecular formula is C22H26N2O4. The standard InChI is InChI=1S/C22H26N2O4/c1-15(2)28-19-9-7-16(8-10-19)13-23-22(26)17-11-21(25)24(14-17)18-5-4-6-20(12-18)27-3/h4-10,12,15,17H,11,13-14H2,1-3H3,(H,23,26). The Bertz CT molecular complexity index is 833. The van der Waals surface area contributed by atoms with Crippen LogP contribution in [-0.2, 0) is 16.1 Å². The van der Waals surface area contributed by atoms with Crippen LogP contribution in [0.3, 0.4) is 0 Å². The molecule has 1 heterocycles. The van der Waals surface area contributed by atoms with Gasteiger partial charge in [-0.2, -0.15) is 0 Å². The van der Waals surface area contributed by atoms with Gasteiger partial charge in [-0.05, 0) is 43.7 Å². The van der Waals surface area contributed by atoms with E-state index in [9.17, 15) is 9.59 Å². The van der Waals surface area contributed by atoms with E-state index in [0.717, 1.165) is 17.0 Å². The van der Waals surface area contributed by atoms with Crippen molar-refractivity contribution in [2.45, 2.75) is 32.9 Å². The third-order valence-corrected chi connectivity index (χ3v) is 4.62. The lowest BCUT2D eigenvalue weighted by Gasteiger charge is -2.17. The minimum atomic E-state index is -0.359. The maximum absolute atomic E-state index is 12.5. The highest BCUT2D eigenvalue weighted by Crippen LogP contribution is 2.28. The molecule has 1 saturated heterocycles. The molecule has 1 atom stereocenters. The highest BCUT2D eigenvalue weighted by atomic mass is 16.5. The molecule has 2 aromatic rings. The van der Waals surface area contributed by atoms with Gasteiger partial charge in [-0.15, -0.1) is 0 Å². The van der Waals surface area contributed by atoms with E-state index in [-0.39, 0.29) is 30.3 Å². The van der Waals surface area contributed by atoms with Gasteiger partial charge in [0.1, 0.15) is 11.5 Å². The average Bonchev–Trinajstić information content (AvgIpc) is 3.08. The number of methoxy groups -OCH3 is 1. The maximum atomic E-state index is 12.5. The number of carbonyl (C=O) groups excluding carboxylic acids is 2. The van der Waals surface area contributed by atoms with Crippen LogP contribution >= 0.6 is 0 Å². The number of nitrogens with one attached hydrogen (secondary N) is 1. The van der Waals surface area contributed by atoms with Gasteiger partial charge < -0.3 is 19.7 Å². The molecule has 2 aromatic carbocycles. The number of nitrogens with zero attached hydrogens (tertiary/aromatic N) is 1. The summed E-state index contributed by atoms with van der Waals surface area (Å²) in [6, 6.07) is 15.0. The molecule has 0 aromatic heterocycles. The molecule has 28 heavy (non-hydrogen) atoms. The lowest BCUT2D eigenvalue weighted by Crippen LogP contribution is -2.32. The van der Waals surface area contributed by atoms with Gasteiger partial charge in [0.2, 0.25) is 11.8 Å². The lowest BCUT2D eigenvalue weighted by atomic mass is 10.1. The molecule has 0 radical (unpaired) electrons. The third-order valence-electron chi connectivity index (χ3n) is 4.62. The van der Waals surface area contributed by atoms with E-state index in [1.807, 2.05) is 56.3 Å². The number of hydrogen-bond donors (Lipinski definition) is 1. The molecule has 0 saturated carbocycles. The molecule has 0 bridgehead atoms. The zero-order chi connectivity index (χ0) is 20.1. The Morgan fingerprint density at radius 1 is 1.18 bits per heavy atom. The summed E-state index contributed by atoms with van der Waals surface area (Å²) in [5.74, 6) is 0.968. The first-order valence-electron chi connectivity index (χ1n) is 9.44. The van der Waals surface area contributed by atoms with Gasteiger partial charge in [-0.25, -0.2) is 0 Å². The number of carbonyl (C=O) groups is 2. The second kappa shape index (κ2) is 8.78. The fourth-order valence-electron chi connectivity index (χ4n) is 3.20. The number of amides is 2. The first-order chi connectivity index (χ1) is 13.5. The summed E-state index contributed by atoms with van der Waals surface area (Å²) in [7, 11) is 1.59. The van der Waals surface area contributed by atoms with Crippen molar-refractivity contribution >= 4 is 17.5 Å². The molecule has 1 fully saturated rings. The third kappa shape index (κ3) is 4.82. The smallest absolute Gasteiger partial charge is 0.227 e. The average molecular weight is 382 g/mol. The monoisotopic (exact) mass is 382 g/mol. The summed E-state index contributed by atoms with van der Waals surface area (Å²) < 4.78 is 10.8. The highest BCUT2D eigenvalue weighted by Gasteiger charge is 2.35. The van der Waals surface area contributed by atoms with E-state index in [1.165, 1.54) is 0 Å². The molecule has 1 aliphatic rings. The van der Waals surface area contributed by atoms with Crippen LogP contribution in [0.5, 0.6) is 11.5 Å². The Balaban J connectivity index is 1.55. The molecule has 1 aliphatic heterocycles. The van der Waals surface area contributed by atoms with Gasteiger partial charge in [0.05, 0.1) is 19.1 Å². The van der Waals surface area contributed by atoms with Gasteiger partial charge in [0.15, 0.2) is 0 Å². The van der Waals surface area contributed by atoms with Crippen molar-refractivity contribution in [3.05, 3.63) is 54.1 Å². The molecule has 6 nitrogen and oxygen atoms in total. The van der Waals surface area contributed by atoms with E-state index in [1.54, 1.807) is 18.1 Å². The number of anilines is 1. The van der Waals surface area contributed by atoms with Crippen molar-refractivity contribution in [3.63, 3.8) is 0 Å². The van der Waals surface area contributed by atoms with E-state index in [4.69, 9.17) is 9.47 Å². The van der Waals surface area contributed by atoms with Crippen LogP contribution in [0.25, 0.3) is 0 Å². The molecule has 6 heteroatoms. The van der Waals surface area contributed by atoms with Gasteiger partial charge in [0, 0.05) is 31.3 Å². The van der Waals surface area contributed by atoms with Crippen LogP contribution in [0.1, 0.15) is 25.8 Å². The molecule has 148 valence electrons. The van der Waals surface area contributed by atoms with Crippen LogP contribution < -0.4 is 19.7 Å². The normalized spacial score (nSPS) is 16.4. The minimum Gasteiger partial charge on any atom is -0.497 e. The summed E-state index contributed by atoms with van der Waals surface area (Å²) in [4.78, 5) is 26.6. The summed E-state index contributed by atoms with van der Waals surface area (Å²) in [5.41, 5.74) is 1.74. The van der Waals surface area contributed by atoms with Crippen molar-refractivity contribution in [3.8, 4) is 11.5 Å². The molecule has 0 aliphatic carbocycles. The van der Waals surface area contributed by atoms with Crippen LogP contribution in [0.15, 0.2) is 48.5 Å². The van der Waals surface area contributed by atoms with E-state index in [2.05, 4.69) is 5.32 Å². The molecule has 0 spiro atoms. The summed E-state index contributed by atoms with van der Waals surface area (Å²) in [5, 5.41) is 2.93. The first-order valence-corrected chi connectivity index (χ1v) is 9.44. The Morgan fingerprint density at radius 3 is 2.61 bits per heavy atom. The number of ether oxygens (including phenoxy) is 2. The quantitative estimate of drug-likeness (QED) is 0.799. The van der Waals surface area contributed by atoms with Crippen molar-refractivity contribution in [1.82, 2.24) is 5.32 Å². The fraction of sp³-hybridized carbons (Fsp3) is 0.364. The van der Waals surface area contributed by atoms with E-state index < -0.39 is 0 Å². The zero-order valence-corrected chi connectivity index (χ0v) is 16.5. The molecular weight excluding hydrogens is 356 g/mol. The topological polar surface area (TPSA) is 67.9 Å². The van der Waals surface area contributed by atoms with Crippen LogP contribution in [-0.4, -0.2) is 31.6 Å². The van der Waals surface area contributed by atoms with Crippen molar-refractivity contribution in [1.29, 1.82) is 0 Å². The Hall–Kier alpha value is -3.02. The predicted molar refractivity (Wildman–Crippen MR) is 108 cm³/mol. The van der Waals surface area contributed by atoms with Crippen molar-refractivity contribution < 1.29 is 19.1 Å². The Labute approximate surface area is 165 Å². The second-order valence-electron chi connectivity index (χ2n) is 7.14. The maximum Gasteiger partial charge on any atom is 0.227 e. The van der Waals surface area contributed by atoms with Crippen molar-refractivity contribution in [2.24, 2.45) is 5.92 Å². The molecule has 1 N–H and O–H groups in total. The highest BCUT2D eigenvalue weighted by molar-refractivity contribution is 6.00. The molecule has 3 rings (SSSR count). The van der Waals surface area contributed by atoms with Crippen LogP contribution in [0.2, 0.25) is 0 Å². The number of benzene rings is 2. The van der Waals surface area contributed by atoms with Crippen molar-refractivity contribution in [2.75, 3.05) is 18.6 Å². The largest absolute Gasteiger partial charge is 0.497 e. The molecule has 1 unspecified atom stereocenters. The zero-order valence-electron chi connectivity index (χ0n) is 16.5. The lowest BCUT2D eigenvalue weighted by molar-refractivity contribution is -0.126. The van der Waals surface area contributed by atoms with Gasteiger partial charge in [-0.1, -0.05) is 18.2 Å². The summed E-state index contributed by atoms with van der Waals surface area (Å²) in [6.07, 6.45) is 0.336. The van der Waals surface area contributed by atoms with Gasteiger partial charge in [0.25, 0.3) is 0 Å². The van der Waals surface area contributed by atoms with E-state index in [0.29, 0.717) is 18.8 Å². The number of hydrogen-bond acceptors (Lipinski definition) is 4. The molecule has 2 amide bonds. The summed E-state index contributed by atoms with van der Waals surface area (Å²) in [6.45, 7) is 4.75. The SMILES string of the molecule is COc1cccc(N2CC(C(=O)NCc3ccc(OC(C)C)cc3)CC2=O)c1. The predicted octanol–water partition coefficient (Wildman–Crippen LogP) is 3.15. The Kier molecular flexibility index (Phi) is 6.19. The van der Waals surface area contributed by atoms with Crippen LogP contribution in [0, 0.1) is 5.92 Å². The number of rotatable bonds is 7. The Morgan fingerprint density at radius 2 is 1.93 bits per heavy atom.